The molecule has 1 aromatic heterocycles. The second-order valence-corrected chi connectivity index (χ2v) is 5.19. The minimum Gasteiger partial charge on any atom is -0.369 e. The summed E-state index contributed by atoms with van der Waals surface area (Å²) in [4.78, 5) is 4.42. The summed E-state index contributed by atoms with van der Waals surface area (Å²) in [5.74, 6) is 0.504. The van der Waals surface area contributed by atoms with Gasteiger partial charge in [0.25, 0.3) is 0 Å². The molecule has 0 aliphatic rings. The minimum absolute atomic E-state index is 0.166. The van der Waals surface area contributed by atoms with E-state index in [1.165, 1.54) is 5.56 Å². The van der Waals surface area contributed by atoms with E-state index in [1.54, 1.807) is 0 Å². The summed E-state index contributed by atoms with van der Waals surface area (Å²) in [6.45, 7) is 2.15. The van der Waals surface area contributed by atoms with Crippen LogP contribution in [0.3, 0.4) is 0 Å². The van der Waals surface area contributed by atoms with Crippen LogP contribution in [-0.2, 0) is 0 Å². The van der Waals surface area contributed by atoms with Crippen LogP contribution in [0, 0.1) is 0 Å². The Hall–Kier alpha value is -2.00. The maximum atomic E-state index is 6.20. The van der Waals surface area contributed by atoms with Crippen molar-refractivity contribution in [1.82, 2.24) is 9.55 Å². The second kappa shape index (κ2) is 5.17. The second-order valence-electron chi connectivity index (χ2n) is 4.78. The summed E-state index contributed by atoms with van der Waals surface area (Å²) in [6, 6.07) is 16.3. The Morgan fingerprint density at radius 2 is 1.90 bits per heavy atom. The van der Waals surface area contributed by atoms with Crippen molar-refractivity contribution in [2.75, 3.05) is 5.73 Å². The number of aromatic nitrogens is 2. The van der Waals surface area contributed by atoms with Crippen molar-refractivity contribution >= 4 is 28.6 Å². The number of hydrogen-bond acceptors (Lipinski definition) is 2. The molecule has 0 radical (unpaired) electrons. The average Bonchev–Trinajstić information content (AvgIpc) is 2.80. The number of benzene rings is 2. The molecule has 3 rings (SSSR count). The number of rotatable bonds is 3. The first-order valence-corrected chi connectivity index (χ1v) is 7.07. The standard InChI is InChI=1S/C16H16ClN3/c1-2-13(11-7-4-3-5-8-11)20-14-10-6-9-12(17)15(14)19-16(20)18/h3-10,13H,2H2,1H3,(H2,18,19). The van der Waals surface area contributed by atoms with E-state index in [4.69, 9.17) is 17.3 Å². The Morgan fingerprint density at radius 1 is 1.15 bits per heavy atom. The lowest BCUT2D eigenvalue weighted by molar-refractivity contribution is 0.589. The van der Waals surface area contributed by atoms with Crippen LogP contribution in [0.15, 0.2) is 48.5 Å². The molecular formula is C16H16ClN3. The molecule has 102 valence electrons. The molecule has 0 fully saturated rings. The van der Waals surface area contributed by atoms with E-state index in [0.717, 1.165) is 17.5 Å². The number of imidazole rings is 1. The molecule has 2 aromatic carbocycles. The summed E-state index contributed by atoms with van der Waals surface area (Å²) in [7, 11) is 0. The lowest BCUT2D eigenvalue weighted by Crippen LogP contribution is -2.12. The maximum absolute atomic E-state index is 6.20. The molecule has 0 aliphatic heterocycles. The van der Waals surface area contributed by atoms with Gasteiger partial charge in [0.2, 0.25) is 5.95 Å². The van der Waals surface area contributed by atoms with Crippen molar-refractivity contribution in [3.8, 4) is 0 Å². The van der Waals surface area contributed by atoms with E-state index < -0.39 is 0 Å². The van der Waals surface area contributed by atoms with E-state index >= 15 is 0 Å². The lowest BCUT2D eigenvalue weighted by Gasteiger charge is -2.19. The Labute approximate surface area is 123 Å². The van der Waals surface area contributed by atoms with Gasteiger partial charge in [-0.05, 0) is 24.1 Å². The van der Waals surface area contributed by atoms with Gasteiger partial charge in [-0.25, -0.2) is 4.98 Å². The number of para-hydroxylation sites is 1. The maximum Gasteiger partial charge on any atom is 0.201 e. The number of hydrogen-bond donors (Lipinski definition) is 1. The van der Waals surface area contributed by atoms with Crippen molar-refractivity contribution < 1.29 is 0 Å². The fraction of sp³-hybridized carbons (Fsp3) is 0.188. The first-order valence-electron chi connectivity index (χ1n) is 6.69. The molecule has 0 aliphatic carbocycles. The number of halogens is 1. The number of nitrogen functional groups attached to an aromatic ring is 1. The van der Waals surface area contributed by atoms with Crippen LogP contribution in [-0.4, -0.2) is 9.55 Å². The van der Waals surface area contributed by atoms with Gasteiger partial charge in [0.05, 0.1) is 16.6 Å². The Bertz CT molecular complexity index is 734. The molecule has 1 heterocycles. The summed E-state index contributed by atoms with van der Waals surface area (Å²) in [6.07, 6.45) is 0.937. The van der Waals surface area contributed by atoms with Gasteiger partial charge in [-0.1, -0.05) is 54.9 Å². The molecule has 4 heteroatoms. The van der Waals surface area contributed by atoms with Gasteiger partial charge in [0.1, 0.15) is 5.52 Å². The van der Waals surface area contributed by atoms with E-state index in [-0.39, 0.29) is 6.04 Å². The van der Waals surface area contributed by atoms with Crippen molar-refractivity contribution in [3.63, 3.8) is 0 Å². The van der Waals surface area contributed by atoms with Crippen molar-refractivity contribution in [2.24, 2.45) is 0 Å². The first kappa shape index (κ1) is 13.0. The number of nitrogens with zero attached hydrogens (tertiary/aromatic N) is 2. The van der Waals surface area contributed by atoms with Crippen LogP contribution in [0.25, 0.3) is 11.0 Å². The molecule has 3 aromatic rings. The van der Waals surface area contributed by atoms with Gasteiger partial charge in [-0.2, -0.15) is 0 Å². The molecule has 1 unspecified atom stereocenters. The van der Waals surface area contributed by atoms with Crippen molar-refractivity contribution in [3.05, 3.63) is 59.1 Å². The van der Waals surface area contributed by atoms with Crippen molar-refractivity contribution in [2.45, 2.75) is 19.4 Å². The highest BCUT2D eigenvalue weighted by molar-refractivity contribution is 6.35. The topological polar surface area (TPSA) is 43.8 Å². The molecule has 0 saturated heterocycles. The SMILES string of the molecule is CCC(c1ccccc1)n1c(N)nc2c(Cl)cccc21. The predicted octanol–water partition coefficient (Wildman–Crippen LogP) is 4.27. The molecule has 0 amide bonds. The van der Waals surface area contributed by atoms with Crippen LogP contribution < -0.4 is 5.73 Å². The highest BCUT2D eigenvalue weighted by Crippen LogP contribution is 2.32. The highest BCUT2D eigenvalue weighted by Gasteiger charge is 2.18. The fourth-order valence-corrected chi connectivity index (χ4v) is 2.88. The van der Waals surface area contributed by atoms with E-state index in [9.17, 15) is 0 Å². The summed E-state index contributed by atoms with van der Waals surface area (Å²) in [5, 5.41) is 0.635. The summed E-state index contributed by atoms with van der Waals surface area (Å²) >= 11 is 6.20. The monoisotopic (exact) mass is 285 g/mol. The van der Waals surface area contributed by atoms with Crippen molar-refractivity contribution in [1.29, 1.82) is 0 Å². The minimum atomic E-state index is 0.166. The number of fused-ring (bicyclic) bond motifs is 1. The largest absolute Gasteiger partial charge is 0.369 e. The Balaban J connectivity index is 2.22. The molecule has 0 spiro atoms. The molecular weight excluding hydrogens is 270 g/mol. The highest BCUT2D eigenvalue weighted by atomic mass is 35.5. The normalized spacial score (nSPS) is 12.7. The van der Waals surface area contributed by atoms with Gasteiger partial charge >= 0.3 is 0 Å². The van der Waals surface area contributed by atoms with Gasteiger partial charge in [0, 0.05) is 0 Å². The smallest absolute Gasteiger partial charge is 0.201 e. The summed E-state index contributed by atoms with van der Waals surface area (Å²) < 4.78 is 2.07. The van der Waals surface area contributed by atoms with E-state index in [0.29, 0.717) is 11.0 Å². The zero-order valence-electron chi connectivity index (χ0n) is 11.3. The zero-order chi connectivity index (χ0) is 14.1. The van der Waals surface area contributed by atoms with E-state index in [2.05, 4.69) is 28.6 Å². The first-order chi connectivity index (χ1) is 9.72. The van der Waals surface area contributed by atoms with Crippen LogP contribution in [0.2, 0.25) is 5.02 Å². The zero-order valence-corrected chi connectivity index (χ0v) is 12.0. The van der Waals surface area contributed by atoms with Gasteiger partial charge in [0.15, 0.2) is 0 Å². The molecule has 2 N–H and O–H groups in total. The quantitative estimate of drug-likeness (QED) is 0.781. The number of nitrogens with two attached hydrogens (primary N) is 1. The fourth-order valence-electron chi connectivity index (χ4n) is 2.67. The van der Waals surface area contributed by atoms with Gasteiger partial charge in [-0.3, -0.25) is 0 Å². The van der Waals surface area contributed by atoms with Crippen LogP contribution in [0.5, 0.6) is 0 Å². The van der Waals surface area contributed by atoms with Gasteiger partial charge in [-0.15, -0.1) is 0 Å². The van der Waals surface area contributed by atoms with E-state index in [1.807, 2.05) is 36.4 Å². The summed E-state index contributed by atoms with van der Waals surface area (Å²) in [5.41, 5.74) is 9.09. The molecule has 0 saturated carbocycles. The molecule has 3 nitrogen and oxygen atoms in total. The van der Waals surface area contributed by atoms with Crippen LogP contribution in [0.1, 0.15) is 24.9 Å². The third kappa shape index (κ3) is 2.04. The van der Waals surface area contributed by atoms with Gasteiger partial charge < -0.3 is 10.3 Å². The molecule has 0 bridgehead atoms. The molecule has 1 atom stereocenters. The van der Waals surface area contributed by atoms with Crippen LogP contribution in [0.4, 0.5) is 5.95 Å². The third-order valence-electron chi connectivity index (χ3n) is 3.58. The molecule has 20 heavy (non-hydrogen) atoms. The number of anilines is 1. The van der Waals surface area contributed by atoms with Crippen LogP contribution >= 0.6 is 11.6 Å². The average molecular weight is 286 g/mol. The Morgan fingerprint density at radius 3 is 2.60 bits per heavy atom. The Kier molecular flexibility index (Phi) is 3.36. The predicted molar refractivity (Wildman–Crippen MR) is 84.0 cm³/mol. The lowest BCUT2D eigenvalue weighted by atomic mass is 10.0. The third-order valence-corrected chi connectivity index (χ3v) is 3.89.